The normalized spacial score (nSPS) is 27.0. The molecule has 2 aromatic rings. The summed E-state index contributed by atoms with van der Waals surface area (Å²) in [5, 5.41) is 2.97. The van der Waals surface area contributed by atoms with Crippen molar-refractivity contribution in [3.05, 3.63) is 52.6 Å². The van der Waals surface area contributed by atoms with Gasteiger partial charge in [0.2, 0.25) is 11.8 Å². The number of ether oxygens (including phenoxy) is 1. The molecular weight excluding hydrogens is 482 g/mol. The Hall–Kier alpha value is -3.04. The Balaban J connectivity index is 1.12. The highest BCUT2D eigenvalue weighted by atomic mass is 35.5. The van der Waals surface area contributed by atoms with Crippen molar-refractivity contribution in [1.29, 1.82) is 0 Å². The average Bonchev–Trinajstić information content (AvgIpc) is 3.16. The zero-order valence-corrected chi connectivity index (χ0v) is 20.6. The number of benzene rings is 1. The second-order valence-corrected chi connectivity index (χ2v) is 10.5. The molecule has 1 N–H and O–H groups in total. The van der Waals surface area contributed by atoms with Crippen molar-refractivity contribution in [3.63, 3.8) is 0 Å². The van der Waals surface area contributed by atoms with E-state index < -0.39 is 11.9 Å². The SMILES string of the molecule is O=C1CCC(N2Cc3cc(O[C@H]4CCCC[C@@H]4N4CC(c5ncncc5Cl)C4)ccc3C2=O)C(=O)N1. The molecule has 3 atom stereocenters. The molecule has 188 valence electrons. The van der Waals surface area contributed by atoms with E-state index in [9.17, 15) is 14.4 Å². The van der Waals surface area contributed by atoms with Gasteiger partial charge in [0.15, 0.2) is 0 Å². The van der Waals surface area contributed by atoms with Crippen molar-refractivity contribution < 1.29 is 19.1 Å². The molecule has 36 heavy (non-hydrogen) atoms. The van der Waals surface area contributed by atoms with Gasteiger partial charge in [0.25, 0.3) is 5.91 Å². The van der Waals surface area contributed by atoms with Crippen molar-refractivity contribution in [1.82, 2.24) is 25.1 Å². The van der Waals surface area contributed by atoms with Crippen LogP contribution in [0.1, 0.15) is 66.1 Å². The molecule has 10 heteroatoms. The lowest BCUT2D eigenvalue weighted by Crippen LogP contribution is -2.57. The molecule has 1 aromatic carbocycles. The predicted octanol–water partition coefficient (Wildman–Crippen LogP) is 2.68. The summed E-state index contributed by atoms with van der Waals surface area (Å²) in [5.74, 6) is 0.209. The van der Waals surface area contributed by atoms with Gasteiger partial charge in [-0.1, -0.05) is 18.0 Å². The van der Waals surface area contributed by atoms with Gasteiger partial charge in [-0.3, -0.25) is 24.6 Å². The highest BCUT2D eigenvalue weighted by Crippen LogP contribution is 2.37. The number of rotatable bonds is 5. The molecule has 0 radical (unpaired) electrons. The number of likely N-dealkylation sites (tertiary alicyclic amines) is 1. The van der Waals surface area contributed by atoms with Crippen LogP contribution in [0, 0.1) is 0 Å². The first kappa shape index (κ1) is 23.4. The molecular formula is C26H28ClN5O4. The van der Waals surface area contributed by atoms with Gasteiger partial charge in [-0.05, 0) is 49.4 Å². The van der Waals surface area contributed by atoms with Crippen LogP contribution in [0.25, 0.3) is 0 Å². The summed E-state index contributed by atoms with van der Waals surface area (Å²) in [7, 11) is 0. The minimum atomic E-state index is -0.613. The number of hydrogen-bond donors (Lipinski definition) is 1. The van der Waals surface area contributed by atoms with E-state index in [1.54, 1.807) is 23.5 Å². The van der Waals surface area contributed by atoms with Gasteiger partial charge < -0.3 is 9.64 Å². The highest BCUT2D eigenvalue weighted by Gasteiger charge is 2.41. The average molecular weight is 510 g/mol. The molecule has 3 amide bonds. The fraction of sp³-hybridized carbons (Fsp3) is 0.500. The van der Waals surface area contributed by atoms with E-state index >= 15 is 0 Å². The molecule has 1 saturated carbocycles. The maximum Gasteiger partial charge on any atom is 0.255 e. The topological polar surface area (TPSA) is 105 Å². The van der Waals surface area contributed by atoms with E-state index in [4.69, 9.17) is 16.3 Å². The van der Waals surface area contributed by atoms with E-state index in [-0.39, 0.29) is 24.3 Å². The van der Waals surface area contributed by atoms with Crippen LogP contribution < -0.4 is 10.1 Å². The second-order valence-electron chi connectivity index (χ2n) is 10.1. The van der Waals surface area contributed by atoms with Crippen LogP contribution in [-0.4, -0.2) is 68.8 Å². The largest absolute Gasteiger partial charge is 0.489 e. The first-order chi connectivity index (χ1) is 17.5. The smallest absolute Gasteiger partial charge is 0.255 e. The maximum atomic E-state index is 13.0. The van der Waals surface area contributed by atoms with Gasteiger partial charge in [0.1, 0.15) is 24.2 Å². The molecule has 1 aromatic heterocycles. The molecule has 6 rings (SSSR count). The number of carbonyl (C=O) groups is 3. The number of fused-ring (bicyclic) bond motifs is 1. The number of nitrogens with zero attached hydrogens (tertiary/aromatic N) is 4. The van der Waals surface area contributed by atoms with Gasteiger partial charge in [0, 0.05) is 49.8 Å². The zero-order valence-electron chi connectivity index (χ0n) is 19.9. The Kier molecular flexibility index (Phi) is 6.13. The van der Waals surface area contributed by atoms with Crippen LogP contribution in [-0.2, 0) is 16.1 Å². The van der Waals surface area contributed by atoms with E-state index in [1.807, 2.05) is 12.1 Å². The summed E-state index contributed by atoms with van der Waals surface area (Å²) < 4.78 is 6.52. The van der Waals surface area contributed by atoms with E-state index in [1.165, 1.54) is 6.42 Å². The van der Waals surface area contributed by atoms with E-state index in [0.29, 0.717) is 35.5 Å². The molecule has 3 fully saturated rings. The number of aromatic nitrogens is 2. The Morgan fingerprint density at radius 2 is 1.92 bits per heavy atom. The zero-order chi connectivity index (χ0) is 24.8. The lowest BCUT2D eigenvalue weighted by Gasteiger charge is -2.48. The van der Waals surface area contributed by atoms with E-state index in [0.717, 1.165) is 49.4 Å². The van der Waals surface area contributed by atoms with Gasteiger partial charge in [0.05, 0.1) is 10.7 Å². The van der Waals surface area contributed by atoms with Crippen LogP contribution in [0.5, 0.6) is 5.75 Å². The summed E-state index contributed by atoms with van der Waals surface area (Å²) in [5.41, 5.74) is 2.37. The Morgan fingerprint density at radius 1 is 1.08 bits per heavy atom. The van der Waals surface area contributed by atoms with Crippen molar-refractivity contribution in [3.8, 4) is 5.75 Å². The third-order valence-electron chi connectivity index (χ3n) is 7.91. The Morgan fingerprint density at radius 3 is 2.72 bits per heavy atom. The Bertz CT molecular complexity index is 1220. The van der Waals surface area contributed by atoms with Crippen molar-refractivity contribution in [2.45, 2.75) is 69.2 Å². The summed E-state index contributed by atoms with van der Waals surface area (Å²) in [6.45, 7) is 2.15. The lowest BCUT2D eigenvalue weighted by molar-refractivity contribution is -0.136. The van der Waals surface area contributed by atoms with Crippen LogP contribution in [0.15, 0.2) is 30.7 Å². The van der Waals surface area contributed by atoms with Gasteiger partial charge >= 0.3 is 0 Å². The molecule has 0 spiro atoms. The third-order valence-corrected chi connectivity index (χ3v) is 8.20. The first-order valence-corrected chi connectivity index (χ1v) is 13.0. The molecule has 4 aliphatic rings. The minimum absolute atomic E-state index is 0.0713. The van der Waals surface area contributed by atoms with Crippen LogP contribution >= 0.6 is 11.6 Å². The van der Waals surface area contributed by atoms with Gasteiger partial charge in [-0.2, -0.15) is 0 Å². The quantitative estimate of drug-likeness (QED) is 0.618. The van der Waals surface area contributed by atoms with Crippen molar-refractivity contribution in [2.24, 2.45) is 0 Å². The number of piperidine rings is 1. The lowest BCUT2D eigenvalue weighted by atomic mass is 9.85. The standard InChI is InChI=1S/C26H28ClN5O4/c27-19-10-28-14-29-24(19)16-11-31(12-16)20-3-1-2-4-22(20)36-17-5-6-18-15(9-17)13-32(26(18)35)21-7-8-23(33)30-25(21)34/h5-6,9-10,14,16,20-22H,1-4,7-8,11-13H2,(H,30,33,34)/t20-,21?,22-/m0/s1. The molecule has 3 aliphatic heterocycles. The van der Waals surface area contributed by atoms with Crippen molar-refractivity contribution in [2.75, 3.05) is 13.1 Å². The molecule has 0 bridgehead atoms. The molecule has 9 nitrogen and oxygen atoms in total. The molecule has 1 unspecified atom stereocenters. The fourth-order valence-corrected chi connectivity index (χ4v) is 6.27. The maximum absolute atomic E-state index is 13.0. The summed E-state index contributed by atoms with van der Waals surface area (Å²) in [6, 6.07) is 5.30. The van der Waals surface area contributed by atoms with Crippen LogP contribution in [0.2, 0.25) is 5.02 Å². The molecule has 2 saturated heterocycles. The number of imide groups is 1. The van der Waals surface area contributed by atoms with Crippen LogP contribution in [0.3, 0.4) is 0 Å². The number of amides is 3. The monoisotopic (exact) mass is 509 g/mol. The molecule has 4 heterocycles. The minimum Gasteiger partial charge on any atom is -0.489 e. The predicted molar refractivity (Wildman–Crippen MR) is 131 cm³/mol. The van der Waals surface area contributed by atoms with E-state index in [2.05, 4.69) is 20.2 Å². The van der Waals surface area contributed by atoms with Crippen LogP contribution in [0.4, 0.5) is 0 Å². The summed E-state index contributed by atoms with van der Waals surface area (Å²) >= 11 is 6.30. The summed E-state index contributed by atoms with van der Waals surface area (Å²) in [4.78, 5) is 49.2. The number of halogens is 1. The highest BCUT2D eigenvalue weighted by molar-refractivity contribution is 6.31. The summed E-state index contributed by atoms with van der Waals surface area (Å²) in [6.07, 6.45) is 8.25. The van der Waals surface area contributed by atoms with Gasteiger partial charge in [-0.25, -0.2) is 9.97 Å². The van der Waals surface area contributed by atoms with Gasteiger partial charge in [-0.15, -0.1) is 0 Å². The second kappa shape index (κ2) is 9.44. The number of nitrogens with one attached hydrogen (secondary N) is 1. The fourth-order valence-electron chi connectivity index (χ4n) is 6.01. The molecule has 1 aliphatic carbocycles. The number of hydrogen-bond acceptors (Lipinski definition) is 7. The first-order valence-electron chi connectivity index (χ1n) is 12.6. The van der Waals surface area contributed by atoms with Crippen molar-refractivity contribution >= 4 is 29.3 Å². The Labute approximate surface area is 214 Å². The third kappa shape index (κ3) is 4.24. The number of carbonyl (C=O) groups excluding carboxylic acids is 3.